The van der Waals surface area contributed by atoms with Gasteiger partial charge in [0.25, 0.3) is 0 Å². The van der Waals surface area contributed by atoms with E-state index >= 15 is 0 Å². The molecule has 4 bridgehead atoms. The normalized spacial score (nSPS) is 56.5. The van der Waals surface area contributed by atoms with Gasteiger partial charge in [-0.1, -0.05) is 13.8 Å². The van der Waals surface area contributed by atoms with E-state index in [1.165, 1.54) is 44.9 Å². The van der Waals surface area contributed by atoms with Crippen molar-refractivity contribution in [1.29, 1.82) is 0 Å². The van der Waals surface area contributed by atoms with Crippen LogP contribution in [-0.4, -0.2) is 13.1 Å². The topological polar surface area (TPSA) is 52.0 Å². The Morgan fingerprint density at radius 3 is 1.76 bits per heavy atom. The van der Waals surface area contributed by atoms with Crippen molar-refractivity contribution in [2.24, 2.45) is 33.1 Å². The summed E-state index contributed by atoms with van der Waals surface area (Å²) in [4.78, 5) is 0. The Balaban J connectivity index is 2.01. The monoisotopic (exact) mass is 236 g/mol. The molecule has 4 rings (SSSR count). The van der Waals surface area contributed by atoms with E-state index in [0.717, 1.165) is 13.1 Å². The summed E-state index contributed by atoms with van der Waals surface area (Å²) in [5.74, 6) is 0. The van der Waals surface area contributed by atoms with Crippen LogP contribution in [0, 0.1) is 21.7 Å². The first-order valence-corrected chi connectivity index (χ1v) is 7.27. The SMILES string of the molecule is C[C@]12CC3(CN)CC(CCN)(C1)C[C@](C)(C3)C2. The predicted octanol–water partition coefficient (Wildman–Crippen LogP) is 2.66. The van der Waals surface area contributed by atoms with Gasteiger partial charge in [-0.15, -0.1) is 0 Å². The second-order valence-corrected chi connectivity index (χ2v) is 8.42. The van der Waals surface area contributed by atoms with Crippen molar-refractivity contribution in [2.75, 3.05) is 13.1 Å². The average molecular weight is 236 g/mol. The van der Waals surface area contributed by atoms with Crippen LogP contribution in [0.15, 0.2) is 0 Å². The van der Waals surface area contributed by atoms with E-state index in [1.54, 1.807) is 0 Å². The van der Waals surface area contributed by atoms with Gasteiger partial charge < -0.3 is 11.5 Å². The van der Waals surface area contributed by atoms with Crippen molar-refractivity contribution in [1.82, 2.24) is 0 Å². The molecule has 0 heterocycles. The number of hydrogen-bond donors (Lipinski definition) is 2. The first kappa shape index (κ1) is 12.0. The van der Waals surface area contributed by atoms with Crippen LogP contribution >= 0.6 is 0 Å². The molecule has 4 aliphatic rings. The quantitative estimate of drug-likeness (QED) is 0.791. The van der Waals surface area contributed by atoms with Crippen molar-refractivity contribution in [3.8, 4) is 0 Å². The molecule has 0 amide bonds. The fourth-order valence-corrected chi connectivity index (χ4v) is 6.99. The Morgan fingerprint density at radius 2 is 1.29 bits per heavy atom. The summed E-state index contributed by atoms with van der Waals surface area (Å²) in [6, 6.07) is 0. The molecule has 0 aromatic heterocycles. The third kappa shape index (κ3) is 1.67. The van der Waals surface area contributed by atoms with Gasteiger partial charge in [-0.05, 0) is 79.7 Å². The van der Waals surface area contributed by atoms with Crippen molar-refractivity contribution in [2.45, 2.75) is 58.8 Å². The summed E-state index contributed by atoms with van der Waals surface area (Å²) in [6.45, 7) is 6.77. The zero-order valence-corrected chi connectivity index (χ0v) is 11.5. The van der Waals surface area contributed by atoms with E-state index in [0.29, 0.717) is 21.7 Å². The van der Waals surface area contributed by atoms with E-state index < -0.39 is 0 Å². The summed E-state index contributed by atoms with van der Waals surface area (Å²) in [5, 5.41) is 0. The van der Waals surface area contributed by atoms with E-state index in [1.807, 2.05) is 0 Å². The van der Waals surface area contributed by atoms with Crippen LogP contribution in [0.5, 0.6) is 0 Å². The van der Waals surface area contributed by atoms with Crippen molar-refractivity contribution >= 4 is 0 Å². The van der Waals surface area contributed by atoms with Crippen LogP contribution in [-0.2, 0) is 0 Å². The minimum Gasteiger partial charge on any atom is -0.330 e. The lowest BCUT2D eigenvalue weighted by atomic mass is 9.35. The second kappa shape index (κ2) is 3.27. The lowest BCUT2D eigenvalue weighted by Gasteiger charge is -2.70. The minimum atomic E-state index is 0.452. The van der Waals surface area contributed by atoms with Crippen molar-refractivity contribution < 1.29 is 0 Å². The molecule has 17 heavy (non-hydrogen) atoms. The van der Waals surface area contributed by atoms with Gasteiger partial charge in [0.05, 0.1) is 0 Å². The first-order valence-electron chi connectivity index (χ1n) is 7.27. The molecule has 2 heteroatoms. The zero-order valence-electron chi connectivity index (χ0n) is 11.5. The summed E-state index contributed by atoms with van der Waals surface area (Å²) in [6.07, 6.45) is 9.58. The minimum absolute atomic E-state index is 0.452. The number of rotatable bonds is 3. The first-order chi connectivity index (χ1) is 7.86. The van der Waals surface area contributed by atoms with E-state index in [9.17, 15) is 0 Å². The molecular formula is C15H28N2. The van der Waals surface area contributed by atoms with Crippen LogP contribution in [0.2, 0.25) is 0 Å². The maximum absolute atomic E-state index is 6.17. The highest BCUT2D eigenvalue weighted by Gasteiger charge is 2.64. The maximum Gasteiger partial charge on any atom is -0.00199 e. The Hall–Kier alpha value is -0.0800. The predicted molar refractivity (Wildman–Crippen MR) is 71.5 cm³/mol. The summed E-state index contributed by atoms with van der Waals surface area (Å²) < 4.78 is 0. The Kier molecular flexibility index (Phi) is 2.30. The van der Waals surface area contributed by atoms with E-state index in [4.69, 9.17) is 11.5 Å². The molecule has 0 saturated heterocycles. The van der Waals surface area contributed by atoms with Gasteiger partial charge in [0.2, 0.25) is 0 Å². The third-order valence-corrected chi connectivity index (χ3v) is 5.92. The molecule has 0 aromatic rings. The molecule has 4 aliphatic carbocycles. The zero-order chi connectivity index (χ0) is 12.4. The molecule has 0 unspecified atom stereocenters. The highest BCUT2D eigenvalue weighted by Crippen LogP contribution is 2.74. The molecule has 98 valence electrons. The van der Waals surface area contributed by atoms with Gasteiger partial charge >= 0.3 is 0 Å². The highest BCUT2D eigenvalue weighted by atomic mass is 14.7. The molecule has 0 radical (unpaired) electrons. The van der Waals surface area contributed by atoms with Crippen LogP contribution in [0.25, 0.3) is 0 Å². The fraction of sp³-hybridized carbons (Fsp3) is 1.00. The molecule has 4 fully saturated rings. The molecule has 4 saturated carbocycles. The number of nitrogens with two attached hydrogens (primary N) is 2. The summed E-state index contributed by atoms with van der Waals surface area (Å²) in [5.41, 5.74) is 14.2. The molecule has 0 aliphatic heterocycles. The van der Waals surface area contributed by atoms with Crippen LogP contribution in [0.1, 0.15) is 58.8 Å². The van der Waals surface area contributed by atoms with Gasteiger partial charge in [0.1, 0.15) is 0 Å². The van der Waals surface area contributed by atoms with E-state index in [2.05, 4.69) is 13.8 Å². The van der Waals surface area contributed by atoms with Crippen LogP contribution in [0.3, 0.4) is 0 Å². The molecule has 2 nitrogen and oxygen atoms in total. The van der Waals surface area contributed by atoms with Gasteiger partial charge in [-0.25, -0.2) is 0 Å². The smallest absolute Gasteiger partial charge is 0.00199 e. The molecular weight excluding hydrogens is 208 g/mol. The molecule has 2 atom stereocenters. The van der Waals surface area contributed by atoms with Crippen molar-refractivity contribution in [3.05, 3.63) is 0 Å². The average Bonchev–Trinajstić information content (AvgIpc) is 2.11. The van der Waals surface area contributed by atoms with Gasteiger partial charge in [-0.2, -0.15) is 0 Å². The fourth-order valence-electron chi connectivity index (χ4n) is 6.99. The molecule has 0 aromatic carbocycles. The third-order valence-electron chi connectivity index (χ3n) is 5.92. The Morgan fingerprint density at radius 1 is 0.765 bits per heavy atom. The number of hydrogen-bond acceptors (Lipinski definition) is 2. The Bertz CT molecular complexity index is 318. The van der Waals surface area contributed by atoms with Crippen LogP contribution < -0.4 is 11.5 Å². The lowest BCUT2D eigenvalue weighted by Crippen LogP contribution is -2.61. The van der Waals surface area contributed by atoms with Gasteiger partial charge in [0.15, 0.2) is 0 Å². The lowest BCUT2D eigenvalue weighted by molar-refractivity contribution is -0.187. The van der Waals surface area contributed by atoms with Gasteiger partial charge in [-0.3, -0.25) is 0 Å². The largest absolute Gasteiger partial charge is 0.330 e. The van der Waals surface area contributed by atoms with Crippen molar-refractivity contribution in [3.63, 3.8) is 0 Å². The Labute approximate surface area is 106 Å². The summed E-state index contributed by atoms with van der Waals surface area (Å²) >= 11 is 0. The van der Waals surface area contributed by atoms with Crippen LogP contribution in [0.4, 0.5) is 0 Å². The molecule has 0 spiro atoms. The second-order valence-electron chi connectivity index (χ2n) is 8.42. The van der Waals surface area contributed by atoms with E-state index in [-0.39, 0.29) is 0 Å². The molecule has 4 N–H and O–H groups in total. The standard InChI is InChI=1S/C15H28N2/c1-12-5-13(2)7-14(6-12,3-4-16)10-15(8-12,9-13)11-17/h3-11,16-17H2,1-2H3/t12-,13-,14?,15?/m1/s1. The van der Waals surface area contributed by atoms with Gasteiger partial charge in [0, 0.05) is 0 Å². The highest BCUT2D eigenvalue weighted by molar-refractivity contribution is 5.15. The maximum atomic E-state index is 6.17. The summed E-state index contributed by atoms with van der Waals surface area (Å²) in [7, 11) is 0.